The first-order valence-electron chi connectivity index (χ1n) is 8.71. The number of fused-ring (bicyclic) bond motifs is 3. The molecule has 5 rings (SSSR count). The summed E-state index contributed by atoms with van der Waals surface area (Å²) in [7, 11) is 0. The summed E-state index contributed by atoms with van der Waals surface area (Å²) in [4.78, 5) is 10.8. The van der Waals surface area contributed by atoms with Crippen LogP contribution >= 0.6 is 11.6 Å². The Hall–Kier alpha value is -3.32. The van der Waals surface area contributed by atoms with Crippen molar-refractivity contribution in [2.24, 2.45) is 5.10 Å². The van der Waals surface area contributed by atoms with Crippen molar-refractivity contribution < 1.29 is 14.1 Å². The van der Waals surface area contributed by atoms with Crippen LogP contribution in [0.2, 0.25) is 5.02 Å². The molecule has 0 spiro atoms. The standard InChI is InChI=1S/C20H14ClN3O4/c21-14-8-7-12(10-17(14)24(25)26)20-23-16(13-4-1-2-5-18(13)28-20)11-15(22-23)19-6-3-9-27-19/h1-10,16,20H,11H2. The van der Waals surface area contributed by atoms with Crippen LogP contribution in [0.25, 0.3) is 0 Å². The van der Waals surface area contributed by atoms with Crippen LogP contribution in [0.4, 0.5) is 5.69 Å². The first-order valence-corrected chi connectivity index (χ1v) is 9.09. The molecular formula is C20H14ClN3O4. The maximum absolute atomic E-state index is 11.3. The molecule has 0 saturated carbocycles. The minimum atomic E-state index is -0.608. The summed E-state index contributed by atoms with van der Waals surface area (Å²) in [6.07, 6.45) is 1.66. The van der Waals surface area contributed by atoms with E-state index in [-0.39, 0.29) is 16.8 Å². The quantitative estimate of drug-likeness (QED) is 0.456. The predicted octanol–water partition coefficient (Wildman–Crippen LogP) is 5.08. The number of benzene rings is 2. The first-order chi connectivity index (χ1) is 13.6. The van der Waals surface area contributed by atoms with Crippen molar-refractivity contribution in [2.75, 3.05) is 0 Å². The van der Waals surface area contributed by atoms with Gasteiger partial charge in [0.25, 0.3) is 5.69 Å². The van der Waals surface area contributed by atoms with Crippen LogP contribution in [0, 0.1) is 10.1 Å². The molecule has 1 aromatic heterocycles. The van der Waals surface area contributed by atoms with Crippen molar-refractivity contribution in [3.05, 3.63) is 92.9 Å². The number of ether oxygens (including phenoxy) is 1. The molecule has 2 aromatic carbocycles. The number of hydrogen-bond acceptors (Lipinski definition) is 6. The molecule has 2 aliphatic rings. The average molecular weight is 396 g/mol. The highest BCUT2D eigenvalue weighted by atomic mass is 35.5. The molecule has 8 heteroatoms. The number of nitrogens with zero attached hydrogens (tertiary/aromatic N) is 3. The van der Waals surface area contributed by atoms with Gasteiger partial charge in [0.1, 0.15) is 22.2 Å². The van der Waals surface area contributed by atoms with Gasteiger partial charge in [0.15, 0.2) is 0 Å². The van der Waals surface area contributed by atoms with Crippen molar-refractivity contribution in [1.29, 1.82) is 0 Å². The zero-order valence-corrected chi connectivity index (χ0v) is 15.2. The second-order valence-electron chi connectivity index (χ2n) is 6.60. The molecule has 140 valence electrons. The van der Waals surface area contributed by atoms with Crippen molar-refractivity contribution in [2.45, 2.75) is 18.7 Å². The minimum Gasteiger partial charge on any atom is -0.464 e. The van der Waals surface area contributed by atoms with Gasteiger partial charge in [-0.1, -0.05) is 35.9 Å². The van der Waals surface area contributed by atoms with Crippen LogP contribution in [0.3, 0.4) is 0 Å². The SMILES string of the molecule is O=[N+]([O-])c1cc(C2Oc3ccccc3C3CC(c4ccco4)=NN32)ccc1Cl. The predicted molar refractivity (Wildman–Crippen MR) is 102 cm³/mol. The molecule has 2 aliphatic heterocycles. The molecule has 0 fully saturated rings. The summed E-state index contributed by atoms with van der Waals surface area (Å²) in [5, 5.41) is 18.0. The van der Waals surface area contributed by atoms with Crippen molar-refractivity contribution in [3.63, 3.8) is 0 Å². The topological polar surface area (TPSA) is 81.1 Å². The van der Waals surface area contributed by atoms with Gasteiger partial charge in [0.05, 0.1) is 17.2 Å². The van der Waals surface area contributed by atoms with Crippen LogP contribution in [-0.4, -0.2) is 15.6 Å². The second kappa shape index (κ2) is 6.38. The summed E-state index contributed by atoms with van der Waals surface area (Å²) in [6.45, 7) is 0. The molecule has 0 bridgehead atoms. The molecule has 2 unspecified atom stereocenters. The smallest absolute Gasteiger partial charge is 0.288 e. The molecule has 0 aliphatic carbocycles. The zero-order valence-electron chi connectivity index (χ0n) is 14.5. The van der Waals surface area contributed by atoms with E-state index in [4.69, 9.17) is 25.9 Å². The third-order valence-electron chi connectivity index (χ3n) is 4.96. The molecule has 3 heterocycles. The van der Waals surface area contributed by atoms with Crippen LogP contribution < -0.4 is 4.74 Å². The molecule has 2 atom stereocenters. The molecule has 28 heavy (non-hydrogen) atoms. The lowest BCUT2D eigenvalue weighted by Crippen LogP contribution is -2.33. The van der Waals surface area contributed by atoms with Gasteiger partial charge in [0.2, 0.25) is 6.23 Å². The number of rotatable bonds is 3. The third-order valence-corrected chi connectivity index (χ3v) is 5.28. The van der Waals surface area contributed by atoms with E-state index in [1.807, 2.05) is 41.4 Å². The van der Waals surface area contributed by atoms with E-state index in [9.17, 15) is 10.1 Å². The Balaban J connectivity index is 1.62. The Labute approximate surface area is 164 Å². The fraction of sp³-hybridized carbons (Fsp3) is 0.150. The van der Waals surface area contributed by atoms with E-state index in [1.165, 1.54) is 12.1 Å². The van der Waals surface area contributed by atoms with Crippen molar-refractivity contribution in [3.8, 4) is 5.75 Å². The number of halogens is 1. The van der Waals surface area contributed by atoms with Gasteiger partial charge in [-0.25, -0.2) is 5.01 Å². The van der Waals surface area contributed by atoms with E-state index < -0.39 is 11.2 Å². The highest BCUT2D eigenvalue weighted by Crippen LogP contribution is 2.48. The highest BCUT2D eigenvalue weighted by Gasteiger charge is 2.41. The normalized spacial score (nSPS) is 20.2. The van der Waals surface area contributed by atoms with E-state index in [2.05, 4.69) is 0 Å². The Morgan fingerprint density at radius 1 is 1.18 bits per heavy atom. The lowest BCUT2D eigenvalue weighted by Gasteiger charge is -2.38. The minimum absolute atomic E-state index is 0.0511. The molecule has 3 aromatic rings. The maximum Gasteiger partial charge on any atom is 0.288 e. The summed E-state index contributed by atoms with van der Waals surface area (Å²) in [5.74, 6) is 1.44. The summed E-state index contributed by atoms with van der Waals surface area (Å²) in [6, 6.07) is 16.1. The van der Waals surface area contributed by atoms with Crippen molar-refractivity contribution in [1.82, 2.24) is 5.01 Å². The van der Waals surface area contributed by atoms with E-state index in [0.29, 0.717) is 17.7 Å². The maximum atomic E-state index is 11.3. The number of para-hydroxylation sites is 1. The van der Waals surface area contributed by atoms with E-state index in [1.54, 1.807) is 12.3 Å². The fourth-order valence-corrected chi connectivity index (χ4v) is 3.86. The molecule has 0 saturated heterocycles. The van der Waals surface area contributed by atoms with Gasteiger partial charge < -0.3 is 9.15 Å². The first kappa shape index (κ1) is 16.8. The lowest BCUT2D eigenvalue weighted by molar-refractivity contribution is -0.384. The van der Waals surface area contributed by atoms with Crippen LogP contribution in [0.15, 0.2) is 70.4 Å². The Kier molecular flexibility index (Phi) is 3.84. The number of hydrogen-bond donors (Lipinski definition) is 0. The van der Waals surface area contributed by atoms with Gasteiger partial charge in [-0.2, -0.15) is 5.10 Å². The van der Waals surface area contributed by atoms with Crippen LogP contribution in [0.5, 0.6) is 5.75 Å². The molecular weight excluding hydrogens is 382 g/mol. The largest absolute Gasteiger partial charge is 0.464 e. The second-order valence-corrected chi connectivity index (χ2v) is 7.01. The Morgan fingerprint density at radius 3 is 2.82 bits per heavy atom. The van der Waals surface area contributed by atoms with Crippen LogP contribution in [-0.2, 0) is 0 Å². The summed E-state index contributed by atoms with van der Waals surface area (Å²) in [5.41, 5.74) is 2.28. The zero-order chi connectivity index (χ0) is 19.3. The van der Waals surface area contributed by atoms with Crippen LogP contribution in [0.1, 0.15) is 35.6 Å². The fourth-order valence-electron chi connectivity index (χ4n) is 3.67. The Morgan fingerprint density at radius 2 is 2.04 bits per heavy atom. The number of nitro groups is 1. The number of nitro benzene ring substituents is 1. The van der Waals surface area contributed by atoms with Crippen molar-refractivity contribution >= 4 is 23.0 Å². The van der Waals surface area contributed by atoms with Gasteiger partial charge >= 0.3 is 0 Å². The molecule has 0 N–H and O–H groups in total. The van der Waals surface area contributed by atoms with Gasteiger partial charge in [-0.3, -0.25) is 10.1 Å². The highest BCUT2D eigenvalue weighted by molar-refractivity contribution is 6.32. The Bertz CT molecular complexity index is 1100. The number of hydrazone groups is 1. The molecule has 7 nitrogen and oxygen atoms in total. The summed E-state index contributed by atoms with van der Waals surface area (Å²) < 4.78 is 11.7. The van der Waals surface area contributed by atoms with Gasteiger partial charge in [-0.15, -0.1) is 0 Å². The molecule has 0 amide bonds. The monoisotopic (exact) mass is 395 g/mol. The van der Waals surface area contributed by atoms with Gasteiger partial charge in [0, 0.05) is 23.6 Å². The third kappa shape index (κ3) is 2.63. The van der Waals surface area contributed by atoms with E-state index >= 15 is 0 Å². The number of furan rings is 1. The van der Waals surface area contributed by atoms with Gasteiger partial charge in [-0.05, 0) is 24.3 Å². The molecule has 0 radical (unpaired) electrons. The lowest BCUT2D eigenvalue weighted by atomic mass is 9.97. The summed E-state index contributed by atoms with van der Waals surface area (Å²) >= 11 is 5.98. The average Bonchev–Trinajstić information content (AvgIpc) is 3.37. The van der Waals surface area contributed by atoms with E-state index in [0.717, 1.165) is 17.0 Å².